The predicted octanol–water partition coefficient (Wildman–Crippen LogP) is 2.77. The number of aryl methyl sites for hydroxylation is 1. The van der Waals surface area contributed by atoms with E-state index in [0.29, 0.717) is 24.8 Å². The number of carbonyl (C=O) groups is 2. The first-order valence-corrected chi connectivity index (χ1v) is 12.0. The number of carbonyl (C=O) groups excluding carboxylic acids is 2. The molecule has 7 nitrogen and oxygen atoms in total. The molecule has 1 aromatic carbocycles. The number of esters is 1. The second-order valence-corrected chi connectivity index (χ2v) is 9.26. The molecule has 0 spiro atoms. The number of nitrogens with zero attached hydrogens (tertiary/aromatic N) is 4. The van der Waals surface area contributed by atoms with Crippen LogP contribution in [0.4, 0.5) is 0 Å². The van der Waals surface area contributed by atoms with Crippen LogP contribution in [0.25, 0.3) is 5.69 Å². The molecular weight excluding hydrogens is 404 g/mol. The fraction of sp³-hybridized carbons (Fsp3) is 0.560. The van der Waals surface area contributed by atoms with Crippen molar-refractivity contribution in [1.29, 1.82) is 0 Å². The molecule has 2 fully saturated rings. The number of amides is 1. The molecule has 7 heteroatoms. The quantitative estimate of drug-likeness (QED) is 0.652. The molecular formula is C25H32N4O3. The van der Waals surface area contributed by atoms with E-state index >= 15 is 0 Å². The predicted molar refractivity (Wildman–Crippen MR) is 121 cm³/mol. The van der Waals surface area contributed by atoms with Crippen molar-refractivity contribution in [3.8, 4) is 5.69 Å². The maximum absolute atomic E-state index is 12.9. The van der Waals surface area contributed by atoms with Crippen LogP contribution in [-0.4, -0.2) is 70.8 Å². The summed E-state index contributed by atoms with van der Waals surface area (Å²) >= 11 is 0. The molecule has 0 N–H and O–H groups in total. The van der Waals surface area contributed by atoms with Crippen LogP contribution in [-0.2, 0) is 22.4 Å². The zero-order valence-corrected chi connectivity index (χ0v) is 18.9. The molecule has 3 aliphatic rings. The van der Waals surface area contributed by atoms with Crippen molar-refractivity contribution in [2.24, 2.45) is 5.92 Å². The van der Waals surface area contributed by atoms with Crippen LogP contribution in [0.1, 0.15) is 53.0 Å². The first-order chi connectivity index (χ1) is 15.6. The van der Waals surface area contributed by atoms with Crippen LogP contribution in [0.2, 0.25) is 0 Å². The van der Waals surface area contributed by atoms with Gasteiger partial charge in [0, 0.05) is 49.9 Å². The van der Waals surface area contributed by atoms with Gasteiger partial charge in [0.1, 0.15) is 6.61 Å². The molecule has 0 radical (unpaired) electrons. The molecule has 2 heterocycles. The number of rotatable bonds is 6. The van der Waals surface area contributed by atoms with Crippen molar-refractivity contribution < 1.29 is 14.3 Å². The third kappa shape index (κ3) is 4.06. The lowest BCUT2D eigenvalue weighted by molar-refractivity contribution is -0.140. The van der Waals surface area contributed by atoms with E-state index in [2.05, 4.69) is 23.0 Å². The van der Waals surface area contributed by atoms with Gasteiger partial charge in [-0.25, -0.2) is 9.48 Å². The van der Waals surface area contributed by atoms with Crippen LogP contribution in [0, 0.1) is 12.8 Å². The number of hydrogen-bond donors (Lipinski definition) is 0. The number of ether oxygens (including phenoxy) is 1. The van der Waals surface area contributed by atoms with Crippen LogP contribution < -0.4 is 0 Å². The minimum absolute atomic E-state index is 0.267. The number of aromatic nitrogens is 2. The maximum atomic E-state index is 12.9. The molecule has 0 unspecified atom stereocenters. The molecule has 1 saturated carbocycles. The second-order valence-electron chi connectivity index (χ2n) is 9.26. The van der Waals surface area contributed by atoms with Gasteiger partial charge in [-0.3, -0.25) is 9.69 Å². The standard InChI is InChI=1S/C25H32N4O3/c1-18-6-2-3-10-21(18)29-22-11-5-9-20(22)23(26-29)25(31)32-17-16-27-12-14-28(15-13-27)24(30)19-7-4-8-19/h2-3,6,10,19H,4-5,7-9,11-17H2,1H3. The van der Waals surface area contributed by atoms with Gasteiger partial charge in [-0.05, 0) is 50.7 Å². The highest BCUT2D eigenvalue weighted by Crippen LogP contribution is 2.30. The Balaban J connectivity index is 1.16. The highest BCUT2D eigenvalue weighted by atomic mass is 16.5. The van der Waals surface area contributed by atoms with Gasteiger partial charge in [0.2, 0.25) is 5.91 Å². The molecule has 1 saturated heterocycles. The molecule has 32 heavy (non-hydrogen) atoms. The van der Waals surface area contributed by atoms with E-state index in [1.165, 1.54) is 6.42 Å². The van der Waals surface area contributed by atoms with E-state index < -0.39 is 0 Å². The van der Waals surface area contributed by atoms with Gasteiger partial charge in [-0.2, -0.15) is 5.10 Å². The Morgan fingerprint density at radius 3 is 2.56 bits per heavy atom. The molecule has 1 amide bonds. The lowest BCUT2D eigenvalue weighted by atomic mass is 9.84. The topological polar surface area (TPSA) is 67.7 Å². The zero-order valence-electron chi connectivity index (χ0n) is 18.9. The lowest BCUT2D eigenvalue weighted by Crippen LogP contribution is -2.51. The third-order valence-electron chi connectivity index (χ3n) is 7.25. The summed E-state index contributed by atoms with van der Waals surface area (Å²) in [6.07, 6.45) is 6.16. The molecule has 1 aliphatic heterocycles. The van der Waals surface area contributed by atoms with Gasteiger partial charge in [0.25, 0.3) is 0 Å². The summed E-state index contributed by atoms with van der Waals surface area (Å²) in [7, 11) is 0. The SMILES string of the molecule is Cc1ccccc1-n1nc(C(=O)OCCN2CCN(C(=O)C3CCC3)CC2)c2c1CCC2. The minimum Gasteiger partial charge on any atom is -0.460 e. The van der Waals surface area contributed by atoms with Crippen LogP contribution in [0.15, 0.2) is 24.3 Å². The molecule has 170 valence electrons. The minimum atomic E-state index is -0.325. The molecule has 5 rings (SSSR count). The lowest BCUT2D eigenvalue weighted by Gasteiger charge is -2.38. The average Bonchev–Trinajstić information content (AvgIpc) is 3.36. The van der Waals surface area contributed by atoms with Gasteiger partial charge >= 0.3 is 5.97 Å². The van der Waals surface area contributed by atoms with Crippen molar-refractivity contribution in [3.05, 3.63) is 46.8 Å². The van der Waals surface area contributed by atoms with E-state index in [0.717, 1.165) is 80.8 Å². The van der Waals surface area contributed by atoms with Crippen molar-refractivity contribution in [3.63, 3.8) is 0 Å². The molecule has 1 aromatic heterocycles. The monoisotopic (exact) mass is 436 g/mol. The molecule has 2 aromatic rings. The number of benzene rings is 1. The van der Waals surface area contributed by atoms with E-state index in [-0.39, 0.29) is 11.9 Å². The van der Waals surface area contributed by atoms with E-state index in [9.17, 15) is 9.59 Å². The largest absolute Gasteiger partial charge is 0.460 e. The summed E-state index contributed by atoms with van der Waals surface area (Å²) in [6, 6.07) is 8.13. The van der Waals surface area contributed by atoms with E-state index in [1.54, 1.807) is 0 Å². The van der Waals surface area contributed by atoms with Gasteiger partial charge in [0.15, 0.2) is 5.69 Å². The Morgan fingerprint density at radius 1 is 1.06 bits per heavy atom. The second kappa shape index (κ2) is 9.06. The normalized spacial score (nSPS) is 19.0. The van der Waals surface area contributed by atoms with Crippen molar-refractivity contribution >= 4 is 11.9 Å². The summed E-state index contributed by atoms with van der Waals surface area (Å²) in [6.45, 7) is 6.34. The van der Waals surface area contributed by atoms with Crippen molar-refractivity contribution in [2.45, 2.75) is 45.4 Å². The molecule has 2 aliphatic carbocycles. The van der Waals surface area contributed by atoms with Crippen LogP contribution in [0.3, 0.4) is 0 Å². The van der Waals surface area contributed by atoms with Crippen LogP contribution >= 0.6 is 0 Å². The van der Waals surface area contributed by atoms with E-state index in [4.69, 9.17) is 4.74 Å². The van der Waals surface area contributed by atoms with Crippen LogP contribution in [0.5, 0.6) is 0 Å². The summed E-state index contributed by atoms with van der Waals surface area (Å²) in [5, 5.41) is 4.67. The summed E-state index contributed by atoms with van der Waals surface area (Å²) in [5.41, 5.74) is 4.81. The van der Waals surface area contributed by atoms with Crippen molar-refractivity contribution in [2.75, 3.05) is 39.3 Å². The Labute approximate surface area is 189 Å². The molecule has 0 atom stereocenters. The fourth-order valence-electron chi connectivity index (χ4n) is 5.04. The Hall–Kier alpha value is -2.67. The fourth-order valence-corrected chi connectivity index (χ4v) is 5.04. The highest BCUT2D eigenvalue weighted by molar-refractivity contribution is 5.89. The highest BCUT2D eigenvalue weighted by Gasteiger charge is 2.31. The summed E-state index contributed by atoms with van der Waals surface area (Å²) in [4.78, 5) is 29.5. The number of para-hydroxylation sites is 1. The zero-order chi connectivity index (χ0) is 22.1. The number of hydrogen-bond acceptors (Lipinski definition) is 5. The Kier molecular flexibility index (Phi) is 6.00. The molecule has 0 bridgehead atoms. The average molecular weight is 437 g/mol. The summed E-state index contributed by atoms with van der Waals surface area (Å²) in [5.74, 6) is 0.276. The van der Waals surface area contributed by atoms with Crippen molar-refractivity contribution in [1.82, 2.24) is 19.6 Å². The first kappa shape index (κ1) is 21.2. The van der Waals surface area contributed by atoms with Gasteiger partial charge in [0.05, 0.1) is 5.69 Å². The Bertz CT molecular complexity index is 1000. The smallest absolute Gasteiger partial charge is 0.359 e. The maximum Gasteiger partial charge on any atom is 0.359 e. The summed E-state index contributed by atoms with van der Waals surface area (Å²) < 4.78 is 7.57. The van der Waals surface area contributed by atoms with Gasteiger partial charge in [-0.15, -0.1) is 0 Å². The third-order valence-corrected chi connectivity index (χ3v) is 7.25. The van der Waals surface area contributed by atoms with Gasteiger partial charge in [-0.1, -0.05) is 24.6 Å². The van der Waals surface area contributed by atoms with E-state index in [1.807, 2.05) is 27.8 Å². The number of piperazine rings is 1. The Morgan fingerprint density at radius 2 is 1.84 bits per heavy atom. The first-order valence-electron chi connectivity index (χ1n) is 12.0. The van der Waals surface area contributed by atoms with Gasteiger partial charge < -0.3 is 9.64 Å². The number of fused-ring (bicyclic) bond motifs is 1.